The predicted octanol–water partition coefficient (Wildman–Crippen LogP) is 2.93. The molecular formula is C18H30N2O. The molecule has 2 N–H and O–H groups in total. The lowest BCUT2D eigenvalue weighted by molar-refractivity contribution is -0.137. The number of likely N-dealkylation sites (tertiary alicyclic amines) is 1. The first kappa shape index (κ1) is 14.0. The van der Waals surface area contributed by atoms with Crippen molar-refractivity contribution in [2.45, 2.75) is 70.8 Å². The van der Waals surface area contributed by atoms with E-state index in [1.165, 1.54) is 38.5 Å². The Balaban J connectivity index is 1.47. The van der Waals surface area contributed by atoms with Crippen LogP contribution in [0.3, 0.4) is 0 Å². The summed E-state index contributed by atoms with van der Waals surface area (Å²) in [6.45, 7) is 4.36. The number of hydrogen-bond donors (Lipinski definition) is 1. The second kappa shape index (κ2) is 4.71. The van der Waals surface area contributed by atoms with Crippen LogP contribution in [0.2, 0.25) is 0 Å². The first-order valence-corrected chi connectivity index (χ1v) is 9.01. The molecule has 0 spiro atoms. The number of carbonyl (C=O) groups excluding carboxylic acids is 1. The maximum Gasteiger partial charge on any atom is 0.239 e. The van der Waals surface area contributed by atoms with Crippen molar-refractivity contribution in [2.75, 3.05) is 13.1 Å². The molecule has 3 atom stereocenters. The van der Waals surface area contributed by atoms with Gasteiger partial charge in [-0.25, -0.2) is 0 Å². The van der Waals surface area contributed by atoms with Gasteiger partial charge in [-0.2, -0.15) is 0 Å². The largest absolute Gasteiger partial charge is 0.341 e. The molecule has 3 unspecified atom stereocenters. The van der Waals surface area contributed by atoms with Crippen LogP contribution in [0.25, 0.3) is 0 Å². The van der Waals surface area contributed by atoms with Crippen molar-refractivity contribution in [3.05, 3.63) is 0 Å². The van der Waals surface area contributed by atoms with Crippen LogP contribution in [0.4, 0.5) is 0 Å². The third kappa shape index (κ3) is 2.42. The molecule has 4 aliphatic carbocycles. The minimum atomic E-state index is -0.247. The Morgan fingerprint density at radius 1 is 1.19 bits per heavy atom. The first-order chi connectivity index (χ1) is 9.97. The van der Waals surface area contributed by atoms with Gasteiger partial charge in [0.2, 0.25) is 5.91 Å². The van der Waals surface area contributed by atoms with Crippen molar-refractivity contribution in [1.29, 1.82) is 0 Å². The Kier molecular flexibility index (Phi) is 3.15. The maximum atomic E-state index is 12.6. The number of rotatable bonds is 3. The van der Waals surface area contributed by atoms with Crippen LogP contribution in [-0.4, -0.2) is 29.9 Å². The average Bonchev–Trinajstić information content (AvgIpc) is 2.87. The quantitative estimate of drug-likeness (QED) is 0.868. The lowest BCUT2D eigenvalue weighted by Gasteiger charge is -2.62. The molecule has 4 bridgehead atoms. The van der Waals surface area contributed by atoms with Gasteiger partial charge in [-0.1, -0.05) is 6.92 Å². The van der Waals surface area contributed by atoms with Crippen LogP contribution in [0.1, 0.15) is 64.7 Å². The van der Waals surface area contributed by atoms with E-state index < -0.39 is 0 Å². The number of hydrogen-bond acceptors (Lipinski definition) is 2. The smallest absolute Gasteiger partial charge is 0.239 e. The summed E-state index contributed by atoms with van der Waals surface area (Å²) in [4.78, 5) is 14.6. The topological polar surface area (TPSA) is 46.3 Å². The summed E-state index contributed by atoms with van der Waals surface area (Å²) in [5.41, 5.74) is 7.32. The average molecular weight is 290 g/mol. The second-order valence-corrected chi connectivity index (χ2v) is 9.11. The highest BCUT2D eigenvalue weighted by atomic mass is 16.2. The molecule has 1 heterocycles. The van der Waals surface area contributed by atoms with E-state index in [2.05, 4.69) is 6.92 Å². The summed E-state index contributed by atoms with van der Waals surface area (Å²) >= 11 is 0. The van der Waals surface area contributed by atoms with Gasteiger partial charge < -0.3 is 10.6 Å². The maximum absolute atomic E-state index is 12.6. The minimum Gasteiger partial charge on any atom is -0.341 e. The summed E-state index contributed by atoms with van der Waals surface area (Å²) in [7, 11) is 0. The number of carbonyl (C=O) groups is 1. The van der Waals surface area contributed by atoms with E-state index in [1.54, 1.807) is 0 Å². The fraction of sp³-hybridized carbons (Fsp3) is 0.944. The van der Waals surface area contributed by atoms with Crippen molar-refractivity contribution in [3.8, 4) is 0 Å². The molecule has 5 aliphatic rings. The second-order valence-electron chi connectivity index (χ2n) is 9.11. The molecule has 1 aliphatic heterocycles. The summed E-state index contributed by atoms with van der Waals surface area (Å²) < 4.78 is 0. The van der Waals surface area contributed by atoms with Crippen molar-refractivity contribution in [2.24, 2.45) is 28.4 Å². The molecule has 3 nitrogen and oxygen atoms in total. The summed E-state index contributed by atoms with van der Waals surface area (Å²) in [5, 5.41) is 0. The van der Waals surface area contributed by atoms with E-state index in [-0.39, 0.29) is 11.9 Å². The molecule has 1 saturated heterocycles. The van der Waals surface area contributed by atoms with Crippen LogP contribution < -0.4 is 5.73 Å². The van der Waals surface area contributed by atoms with Crippen molar-refractivity contribution < 1.29 is 4.79 Å². The normalized spacial score (nSPS) is 46.1. The molecule has 3 heteroatoms. The monoisotopic (exact) mass is 290 g/mol. The zero-order valence-corrected chi connectivity index (χ0v) is 13.4. The van der Waals surface area contributed by atoms with Crippen LogP contribution in [0.15, 0.2) is 0 Å². The molecule has 0 radical (unpaired) electrons. The third-order valence-electron chi connectivity index (χ3n) is 6.86. The van der Waals surface area contributed by atoms with Gasteiger partial charge in [0.25, 0.3) is 0 Å². The molecule has 0 aromatic heterocycles. The summed E-state index contributed by atoms with van der Waals surface area (Å²) in [6, 6.07) is -0.247. The Bertz CT molecular complexity index is 426. The van der Waals surface area contributed by atoms with Crippen LogP contribution in [-0.2, 0) is 4.79 Å². The third-order valence-corrected chi connectivity index (χ3v) is 6.86. The highest BCUT2D eigenvalue weighted by Crippen LogP contribution is 2.66. The molecule has 0 aromatic rings. The zero-order valence-electron chi connectivity index (χ0n) is 13.4. The van der Waals surface area contributed by atoms with Crippen molar-refractivity contribution in [3.63, 3.8) is 0 Å². The van der Waals surface area contributed by atoms with E-state index in [0.29, 0.717) is 10.8 Å². The highest BCUT2D eigenvalue weighted by molar-refractivity contribution is 5.81. The van der Waals surface area contributed by atoms with Crippen molar-refractivity contribution in [1.82, 2.24) is 4.90 Å². The SMILES string of the molecule is CC12CC3CC(C1)CC(CC(N)C(=O)N1CCCC1)(C3)C2. The van der Waals surface area contributed by atoms with E-state index >= 15 is 0 Å². The Morgan fingerprint density at radius 3 is 2.38 bits per heavy atom. The van der Waals surface area contributed by atoms with E-state index in [9.17, 15) is 4.79 Å². The number of nitrogens with zero attached hydrogens (tertiary/aromatic N) is 1. The highest BCUT2D eigenvalue weighted by Gasteiger charge is 2.56. The van der Waals surface area contributed by atoms with E-state index in [4.69, 9.17) is 5.73 Å². The lowest BCUT2D eigenvalue weighted by atomic mass is 9.44. The van der Waals surface area contributed by atoms with E-state index in [1.807, 2.05) is 4.90 Å². The fourth-order valence-corrected chi connectivity index (χ4v) is 6.89. The van der Waals surface area contributed by atoms with Gasteiger partial charge in [-0.05, 0) is 80.5 Å². The molecule has 1 amide bonds. The number of amides is 1. The zero-order chi connectivity index (χ0) is 14.7. The molecule has 5 fully saturated rings. The van der Waals surface area contributed by atoms with Gasteiger partial charge in [-0.3, -0.25) is 4.79 Å². The standard InChI is InChI=1S/C18H30N2O/c1-17-7-13-6-14(8-17)10-18(9-13,12-17)11-15(19)16(21)20-4-2-3-5-20/h13-15H,2-12,19H2,1H3. The van der Waals surface area contributed by atoms with Gasteiger partial charge in [0.1, 0.15) is 0 Å². The molecule has 0 aromatic carbocycles. The first-order valence-electron chi connectivity index (χ1n) is 9.01. The molecule has 118 valence electrons. The van der Waals surface area contributed by atoms with E-state index in [0.717, 1.165) is 44.2 Å². The van der Waals surface area contributed by atoms with Crippen LogP contribution in [0, 0.1) is 22.7 Å². The fourth-order valence-electron chi connectivity index (χ4n) is 6.89. The number of nitrogens with two attached hydrogens (primary N) is 1. The predicted molar refractivity (Wildman–Crippen MR) is 83.6 cm³/mol. The Hall–Kier alpha value is -0.570. The Morgan fingerprint density at radius 2 is 1.81 bits per heavy atom. The van der Waals surface area contributed by atoms with Crippen LogP contribution in [0.5, 0.6) is 0 Å². The molecule has 5 rings (SSSR count). The van der Waals surface area contributed by atoms with Gasteiger partial charge >= 0.3 is 0 Å². The van der Waals surface area contributed by atoms with Gasteiger partial charge in [0, 0.05) is 13.1 Å². The minimum absolute atomic E-state index is 0.230. The van der Waals surface area contributed by atoms with Gasteiger partial charge in [0.05, 0.1) is 6.04 Å². The summed E-state index contributed by atoms with van der Waals surface area (Å²) in [5.74, 6) is 2.07. The Labute approximate surface area is 128 Å². The molecule has 4 saturated carbocycles. The van der Waals surface area contributed by atoms with Crippen LogP contribution >= 0.6 is 0 Å². The lowest BCUT2D eigenvalue weighted by Crippen LogP contribution is -2.54. The molecular weight excluding hydrogens is 260 g/mol. The van der Waals surface area contributed by atoms with Crippen molar-refractivity contribution >= 4 is 5.91 Å². The van der Waals surface area contributed by atoms with Gasteiger partial charge in [0.15, 0.2) is 0 Å². The van der Waals surface area contributed by atoms with Gasteiger partial charge in [-0.15, -0.1) is 0 Å². The molecule has 21 heavy (non-hydrogen) atoms. The summed E-state index contributed by atoms with van der Waals surface area (Å²) in [6.07, 6.45) is 11.6.